The monoisotopic (exact) mass is 280 g/mol. The number of nitro groups is 1. The molecule has 0 aromatic heterocycles. The summed E-state index contributed by atoms with van der Waals surface area (Å²) in [5, 5.41) is 21.9. The molecule has 1 aromatic rings. The molecule has 108 valence electrons. The van der Waals surface area contributed by atoms with Crippen molar-refractivity contribution in [2.24, 2.45) is 0 Å². The van der Waals surface area contributed by atoms with Crippen molar-refractivity contribution in [1.29, 1.82) is 0 Å². The molecule has 2 N–H and O–H groups in total. The predicted octanol–water partition coefficient (Wildman–Crippen LogP) is 1.81. The van der Waals surface area contributed by atoms with Gasteiger partial charge in [0.2, 0.25) is 0 Å². The van der Waals surface area contributed by atoms with Gasteiger partial charge in [-0.25, -0.2) is 0 Å². The van der Waals surface area contributed by atoms with Crippen LogP contribution in [0.4, 0.5) is 5.69 Å². The first-order chi connectivity index (χ1) is 9.32. The van der Waals surface area contributed by atoms with E-state index in [1.807, 2.05) is 0 Å². The fourth-order valence-electron chi connectivity index (χ4n) is 1.82. The zero-order valence-electron chi connectivity index (χ0n) is 11.3. The van der Waals surface area contributed by atoms with Gasteiger partial charge in [0.25, 0.3) is 11.6 Å². The molecule has 0 bridgehead atoms. The lowest BCUT2D eigenvalue weighted by Gasteiger charge is -2.08. The number of rotatable bonds is 6. The predicted molar refractivity (Wildman–Crippen MR) is 71.8 cm³/mol. The quantitative estimate of drug-likeness (QED) is 0.469. The van der Waals surface area contributed by atoms with Gasteiger partial charge >= 0.3 is 5.97 Å². The van der Waals surface area contributed by atoms with Gasteiger partial charge in [-0.2, -0.15) is 0 Å². The van der Waals surface area contributed by atoms with Crippen LogP contribution in [0.25, 0.3) is 0 Å². The van der Waals surface area contributed by atoms with E-state index in [1.54, 1.807) is 19.9 Å². The summed E-state index contributed by atoms with van der Waals surface area (Å²) in [5.41, 5.74) is 1.27. The Labute approximate surface area is 115 Å². The number of carboxylic acids is 1. The second-order valence-corrected chi connectivity index (χ2v) is 4.46. The second-order valence-electron chi connectivity index (χ2n) is 4.46. The van der Waals surface area contributed by atoms with Crippen LogP contribution in [0, 0.1) is 24.0 Å². The van der Waals surface area contributed by atoms with E-state index >= 15 is 0 Å². The van der Waals surface area contributed by atoms with Crippen LogP contribution >= 0.6 is 0 Å². The number of nitro benzene ring substituents is 1. The molecule has 1 amide bonds. The molecule has 7 heteroatoms. The number of hydrogen-bond donors (Lipinski definition) is 2. The van der Waals surface area contributed by atoms with E-state index in [-0.39, 0.29) is 24.2 Å². The number of carboxylic acid groups (broad SMARTS) is 1. The fourth-order valence-corrected chi connectivity index (χ4v) is 1.82. The molecule has 1 aromatic carbocycles. The summed E-state index contributed by atoms with van der Waals surface area (Å²) in [4.78, 5) is 32.6. The number of carbonyl (C=O) groups excluding carboxylic acids is 1. The van der Waals surface area contributed by atoms with E-state index in [0.717, 1.165) is 0 Å². The van der Waals surface area contributed by atoms with Gasteiger partial charge in [0, 0.05) is 30.2 Å². The first-order valence-corrected chi connectivity index (χ1v) is 6.08. The van der Waals surface area contributed by atoms with E-state index in [4.69, 9.17) is 5.11 Å². The molecule has 0 fully saturated rings. The first-order valence-electron chi connectivity index (χ1n) is 6.08. The maximum absolute atomic E-state index is 11.9. The van der Waals surface area contributed by atoms with Crippen LogP contribution in [0.1, 0.15) is 34.3 Å². The summed E-state index contributed by atoms with van der Waals surface area (Å²) in [6, 6.07) is 2.83. The highest BCUT2D eigenvalue weighted by atomic mass is 16.6. The first kappa shape index (κ1) is 15.6. The van der Waals surface area contributed by atoms with Crippen molar-refractivity contribution >= 4 is 17.6 Å². The van der Waals surface area contributed by atoms with E-state index < -0.39 is 16.8 Å². The van der Waals surface area contributed by atoms with Gasteiger partial charge in [-0.1, -0.05) is 0 Å². The molecule has 0 heterocycles. The molecule has 20 heavy (non-hydrogen) atoms. The molecule has 0 saturated carbocycles. The van der Waals surface area contributed by atoms with Gasteiger partial charge in [-0.3, -0.25) is 19.7 Å². The maximum atomic E-state index is 11.9. The van der Waals surface area contributed by atoms with Gasteiger partial charge in [-0.05, 0) is 31.9 Å². The number of benzene rings is 1. The van der Waals surface area contributed by atoms with Crippen molar-refractivity contribution in [3.8, 4) is 0 Å². The van der Waals surface area contributed by atoms with E-state index in [1.165, 1.54) is 6.07 Å². The van der Waals surface area contributed by atoms with E-state index in [0.29, 0.717) is 17.5 Å². The SMILES string of the molecule is Cc1cc(C)c([N+](=O)[O-])cc1C(=O)NCCCC(=O)O. The van der Waals surface area contributed by atoms with Gasteiger partial charge in [0.1, 0.15) is 0 Å². The van der Waals surface area contributed by atoms with Crippen molar-refractivity contribution in [3.05, 3.63) is 38.9 Å². The third-order valence-electron chi connectivity index (χ3n) is 2.84. The van der Waals surface area contributed by atoms with Crippen LogP contribution < -0.4 is 5.32 Å². The minimum absolute atomic E-state index is 0.0344. The molecule has 0 aliphatic heterocycles. The molecule has 0 atom stereocenters. The summed E-state index contributed by atoms with van der Waals surface area (Å²) < 4.78 is 0. The molecule has 0 unspecified atom stereocenters. The third kappa shape index (κ3) is 4.04. The van der Waals surface area contributed by atoms with Crippen LogP contribution in [0.15, 0.2) is 12.1 Å². The molecule has 0 aliphatic carbocycles. The van der Waals surface area contributed by atoms with Crippen LogP contribution in [0.3, 0.4) is 0 Å². The van der Waals surface area contributed by atoms with Crippen molar-refractivity contribution in [1.82, 2.24) is 5.32 Å². The number of aryl methyl sites for hydroxylation is 2. The van der Waals surface area contributed by atoms with Gasteiger partial charge in [0.05, 0.1) is 4.92 Å². The fraction of sp³-hybridized carbons (Fsp3) is 0.385. The molecule has 1 rings (SSSR count). The van der Waals surface area contributed by atoms with Gasteiger partial charge in [0.15, 0.2) is 0 Å². The van der Waals surface area contributed by atoms with E-state index in [2.05, 4.69) is 5.32 Å². The van der Waals surface area contributed by atoms with Crippen LogP contribution in [0.5, 0.6) is 0 Å². The summed E-state index contributed by atoms with van der Waals surface area (Å²) in [5.74, 6) is -1.36. The molecule has 0 radical (unpaired) electrons. The Morgan fingerprint density at radius 2 is 1.95 bits per heavy atom. The number of nitrogens with one attached hydrogen (secondary N) is 1. The average molecular weight is 280 g/mol. The van der Waals surface area contributed by atoms with Crippen molar-refractivity contribution in [2.75, 3.05) is 6.54 Å². The Kier molecular flexibility index (Phi) is 5.19. The smallest absolute Gasteiger partial charge is 0.303 e. The van der Waals surface area contributed by atoms with Crippen LogP contribution in [-0.4, -0.2) is 28.5 Å². The minimum atomic E-state index is -0.929. The zero-order chi connectivity index (χ0) is 15.3. The number of hydrogen-bond acceptors (Lipinski definition) is 4. The Morgan fingerprint density at radius 1 is 1.30 bits per heavy atom. The van der Waals surface area contributed by atoms with Gasteiger partial charge in [-0.15, -0.1) is 0 Å². The van der Waals surface area contributed by atoms with Crippen molar-refractivity contribution in [2.45, 2.75) is 26.7 Å². The number of amides is 1. The molecule has 0 aliphatic rings. The number of aliphatic carboxylic acids is 1. The number of carbonyl (C=O) groups is 2. The number of nitrogens with zero attached hydrogens (tertiary/aromatic N) is 1. The Balaban J connectivity index is 2.80. The topological polar surface area (TPSA) is 110 Å². The highest BCUT2D eigenvalue weighted by molar-refractivity contribution is 5.96. The standard InChI is InChI=1S/C13H16N2O5/c1-8-6-9(2)11(15(19)20)7-10(8)13(18)14-5-3-4-12(16)17/h6-7H,3-5H2,1-2H3,(H,14,18)(H,16,17). The molecular formula is C13H16N2O5. The highest BCUT2D eigenvalue weighted by Crippen LogP contribution is 2.22. The summed E-state index contributed by atoms with van der Waals surface area (Å²) in [6.45, 7) is 3.52. The molecule has 7 nitrogen and oxygen atoms in total. The van der Waals surface area contributed by atoms with Gasteiger partial charge < -0.3 is 10.4 Å². The zero-order valence-corrected chi connectivity index (χ0v) is 11.3. The van der Waals surface area contributed by atoms with Crippen LogP contribution in [-0.2, 0) is 4.79 Å². The van der Waals surface area contributed by atoms with Crippen molar-refractivity contribution in [3.63, 3.8) is 0 Å². The molecular weight excluding hydrogens is 264 g/mol. The highest BCUT2D eigenvalue weighted by Gasteiger charge is 2.17. The van der Waals surface area contributed by atoms with Crippen molar-refractivity contribution < 1.29 is 19.6 Å². The van der Waals surface area contributed by atoms with E-state index in [9.17, 15) is 19.7 Å². The molecule has 0 saturated heterocycles. The Bertz CT molecular complexity index is 554. The lowest BCUT2D eigenvalue weighted by Crippen LogP contribution is -2.25. The maximum Gasteiger partial charge on any atom is 0.303 e. The lowest BCUT2D eigenvalue weighted by molar-refractivity contribution is -0.385. The molecule has 0 spiro atoms. The summed E-state index contributed by atoms with van der Waals surface area (Å²) in [7, 11) is 0. The lowest BCUT2D eigenvalue weighted by atomic mass is 10.0. The summed E-state index contributed by atoms with van der Waals surface area (Å²) in [6.07, 6.45) is 0.279. The minimum Gasteiger partial charge on any atom is -0.481 e. The third-order valence-corrected chi connectivity index (χ3v) is 2.84. The largest absolute Gasteiger partial charge is 0.481 e. The average Bonchev–Trinajstić information content (AvgIpc) is 2.33. The van der Waals surface area contributed by atoms with Crippen LogP contribution in [0.2, 0.25) is 0 Å². The second kappa shape index (κ2) is 6.65. The Morgan fingerprint density at radius 3 is 2.50 bits per heavy atom. The summed E-state index contributed by atoms with van der Waals surface area (Å²) >= 11 is 0. The Hall–Kier alpha value is -2.44. The normalized spacial score (nSPS) is 10.1.